The number of ether oxygens (including phenoxy) is 1. The first-order valence-electron chi connectivity index (χ1n) is 6.06. The second-order valence-corrected chi connectivity index (χ2v) is 6.84. The van der Waals surface area contributed by atoms with Crippen LogP contribution in [0, 0.1) is 0 Å². The number of halogens is 2. The van der Waals surface area contributed by atoms with E-state index in [9.17, 15) is 0 Å². The van der Waals surface area contributed by atoms with Crippen molar-refractivity contribution in [1.29, 1.82) is 0 Å². The Bertz CT molecular complexity index is 489. The van der Waals surface area contributed by atoms with Gasteiger partial charge in [-0.3, -0.25) is 0 Å². The van der Waals surface area contributed by atoms with Crippen molar-refractivity contribution in [2.45, 2.75) is 38.9 Å². The predicted molar refractivity (Wildman–Crippen MR) is 81.4 cm³/mol. The van der Waals surface area contributed by atoms with Crippen molar-refractivity contribution in [3.63, 3.8) is 0 Å². The largest absolute Gasteiger partial charge is 0.495 e. The van der Waals surface area contributed by atoms with Crippen LogP contribution in [0.5, 0.6) is 5.75 Å². The summed E-state index contributed by atoms with van der Waals surface area (Å²) in [6.07, 6.45) is 0. The van der Waals surface area contributed by atoms with Crippen LogP contribution in [-0.2, 0) is 9.31 Å². The molecule has 0 saturated carbocycles. The summed E-state index contributed by atoms with van der Waals surface area (Å²) in [6.45, 7) is 8.09. The molecule has 1 heterocycles. The van der Waals surface area contributed by atoms with Crippen molar-refractivity contribution in [1.82, 2.24) is 0 Å². The SMILES string of the molecule is COc1cc(B2OC(C)(C)C(C)(C)O2)cc(Br)c1Cl. The molecule has 3 nitrogen and oxygen atoms in total. The number of benzene rings is 1. The van der Waals surface area contributed by atoms with Crippen molar-refractivity contribution in [2.24, 2.45) is 0 Å². The molecule has 0 radical (unpaired) electrons. The van der Waals surface area contributed by atoms with Crippen LogP contribution in [0.3, 0.4) is 0 Å². The van der Waals surface area contributed by atoms with E-state index in [1.54, 1.807) is 7.11 Å². The molecule has 1 fully saturated rings. The smallest absolute Gasteiger partial charge is 0.495 e. The zero-order valence-electron chi connectivity index (χ0n) is 11.7. The lowest BCUT2D eigenvalue weighted by Crippen LogP contribution is -2.41. The summed E-state index contributed by atoms with van der Waals surface area (Å²) in [5, 5.41) is 0.544. The molecule has 0 aromatic heterocycles. The van der Waals surface area contributed by atoms with Crippen LogP contribution in [0.25, 0.3) is 0 Å². The van der Waals surface area contributed by atoms with Crippen LogP contribution in [0.15, 0.2) is 16.6 Å². The maximum absolute atomic E-state index is 6.13. The highest BCUT2D eigenvalue weighted by atomic mass is 79.9. The van der Waals surface area contributed by atoms with Gasteiger partial charge in [-0.2, -0.15) is 0 Å². The van der Waals surface area contributed by atoms with Crippen LogP contribution in [0.1, 0.15) is 27.7 Å². The van der Waals surface area contributed by atoms with Crippen LogP contribution in [0.2, 0.25) is 5.02 Å². The van der Waals surface area contributed by atoms with Crippen LogP contribution < -0.4 is 10.2 Å². The van der Waals surface area contributed by atoms with Gasteiger partial charge in [0.05, 0.1) is 23.3 Å². The Morgan fingerprint density at radius 2 is 1.68 bits per heavy atom. The molecule has 0 unspecified atom stereocenters. The predicted octanol–water partition coefficient (Wildman–Crippen LogP) is 3.41. The molecule has 0 aliphatic carbocycles. The molecule has 104 valence electrons. The standard InChI is InChI=1S/C13H17BBrClO3/c1-12(2)13(3,4)19-14(18-12)8-6-9(15)11(16)10(7-8)17-5/h6-7H,1-5H3. The minimum atomic E-state index is -0.424. The fourth-order valence-electron chi connectivity index (χ4n) is 1.85. The maximum atomic E-state index is 6.13. The topological polar surface area (TPSA) is 27.7 Å². The van der Waals surface area contributed by atoms with Gasteiger partial charge in [-0.15, -0.1) is 0 Å². The van der Waals surface area contributed by atoms with Crippen molar-refractivity contribution in [2.75, 3.05) is 7.11 Å². The number of hydrogen-bond donors (Lipinski definition) is 0. The third kappa shape index (κ3) is 2.66. The van der Waals surface area contributed by atoms with Gasteiger partial charge < -0.3 is 14.0 Å². The highest BCUT2D eigenvalue weighted by molar-refractivity contribution is 9.10. The quantitative estimate of drug-likeness (QED) is 0.768. The van der Waals surface area contributed by atoms with Gasteiger partial charge >= 0.3 is 7.12 Å². The normalized spacial score (nSPS) is 20.7. The fraction of sp³-hybridized carbons (Fsp3) is 0.538. The summed E-state index contributed by atoms with van der Waals surface area (Å²) < 4.78 is 18.0. The average Bonchev–Trinajstić information content (AvgIpc) is 2.52. The van der Waals surface area contributed by atoms with Gasteiger partial charge in [-0.05, 0) is 61.2 Å². The van der Waals surface area contributed by atoms with E-state index in [1.165, 1.54) is 0 Å². The van der Waals surface area contributed by atoms with Crippen molar-refractivity contribution >= 4 is 40.1 Å². The molecule has 1 aliphatic heterocycles. The summed E-state index contributed by atoms with van der Waals surface area (Å²) in [5.74, 6) is 0.598. The van der Waals surface area contributed by atoms with Gasteiger partial charge in [0.1, 0.15) is 5.75 Å². The maximum Gasteiger partial charge on any atom is 0.495 e. The number of rotatable bonds is 2. The highest BCUT2D eigenvalue weighted by Gasteiger charge is 2.51. The van der Waals surface area contributed by atoms with Crippen LogP contribution >= 0.6 is 27.5 Å². The molecular formula is C13H17BBrClO3. The fourth-order valence-corrected chi connectivity index (χ4v) is 2.49. The Hall–Kier alpha value is -0.225. The minimum absolute atomic E-state index is 0.364. The molecule has 1 saturated heterocycles. The molecule has 0 N–H and O–H groups in total. The Balaban J connectivity index is 2.37. The second kappa shape index (κ2) is 4.95. The van der Waals surface area contributed by atoms with E-state index in [0.29, 0.717) is 10.8 Å². The summed E-state index contributed by atoms with van der Waals surface area (Å²) in [4.78, 5) is 0. The first-order valence-corrected chi connectivity index (χ1v) is 7.23. The molecule has 19 heavy (non-hydrogen) atoms. The van der Waals surface area contributed by atoms with Gasteiger partial charge in [0.15, 0.2) is 0 Å². The van der Waals surface area contributed by atoms with E-state index in [-0.39, 0.29) is 11.2 Å². The first kappa shape index (κ1) is 15.2. The third-order valence-electron chi connectivity index (χ3n) is 3.76. The number of methoxy groups -OCH3 is 1. The molecule has 6 heteroatoms. The molecule has 1 aliphatic rings. The summed E-state index contributed by atoms with van der Waals surface area (Å²) in [6, 6.07) is 3.74. The zero-order chi connectivity index (χ0) is 14.4. The van der Waals surface area contributed by atoms with Crippen LogP contribution in [-0.4, -0.2) is 25.4 Å². The summed E-state index contributed by atoms with van der Waals surface area (Å²) in [7, 11) is 1.16. The van der Waals surface area contributed by atoms with Gasteiger partial charge in [0, 0.05) is 4.47 Å². The van der Waals surface area contributed by atoms with E-state index in [1.807, 2.05) is 39.8 Å². The van der Waals surface area contributed by atoms with E-state index in [0.717, 1.165) is 9.94 Å². The number of hydrogen-bond acceptors (Lipinski definition) is 3. The molecule has 2 rings (SSSR count). The zero-order valence-corrected chi connectivity index (χ0v) is 14.1. The molecule has 1 aromatic rings. The Labute approximate surface area is 127 Å². The molecular weight excluding hydrogens is 330 g/mol. The molecule has 0 amide bonds. The lowest BCUT2D eigenvalue weighted by molar-refractivity contribution is 0.00578. The van der Waals surface area contributed by atoms with E-state index in [2.05, 4.69) is 15.9 Å². The lowest BCUT2D eigenvalue weighted by Gasteiger charge is -2.32. The average molecular weight is 347 g/mol. The van der Waals surface area contributed by atoms with E-state index >= 15 is 0 Å². The molecule has 1 aromatic carbocycles. The molecule has 0 atom stereocenters. The van der Waals surface area contributed by atoms with E-state index < -0.39 is 7.12 Å². The minimum Gasteiger partial charge on any atom is -0.495 e. The second-order valence-electron chi connectivity index (χ2n) is 5.61. The van der Waals surface area contributed by atoms with Crippen molar-refractivity contribution in [3.8, 4) is 5.75 Å². The summed E-state index contributed by atoms with van der Waals surface area (Å²) in [5.41, 5.74) is 0.153. The summed E-state index contributed by atoms with van der Waals surface area (Å²) >= 11 is 9.55. The Kier molecular flexibility index (Phi) is 3.96. The Morgan fingerprint density at radius 3 is 2.16 bits per heavy atom. The lowest BCUT2D eigenvalue weighted by atomic mass is 9.79. The van der Waals surface area contributed by atoms with Gasteiger partial charge in [0.25, 0.3) is 0 Å². The van der Waals surface area contributed by atoms with Crippen molar-refractivity contribution < 1.29 is 14.0 Å². The monoisotopic (exact) mass is 346 g/mol. The third-order valence-corrected chi connectivity index (χ3v) is 5.01. The molecule has 0 spiro atoms. The van der Waals surface area contributed by atoms with E-state index in [4.69, 9.17) is 25.6 Å². The van der Waals surface area contributed by atoms with Gasteiger partial charge in [-0.1, -0.05) is 11.6 Å². The van der Waals surface area contributed by atoms with Crippen molar-refractivity contribution in [3.05, 3.63) is 21.6 Å². The first-order chi connectivity index (χ1) is 8.68. The van der Waals surface area contributed by atoms with Crippen LogP contribution in [0.4, 0.5) is 0 Å². The van der Waals surface area contributed by atoms with Gasteiger partial charge in [-0.25, -0.2) is 0 Å². The Morgan fingerprint density at radius 1 is 1.16 bits per heavy atom. The molecule has 0 bridgehead atoms. The van der Waals surface area contributed by atoms with Gasteiger partial charge in [0.2, 0.25) is 0 Å². The highest BCUT2D eigenvalue weighted by Crippen LogP contribution is 2.38.